The van der Waals surface area contributed by atoms with E-state index in [0.29, 0.717) is 0 Å². The fourth-order valence-electron chi connectivity index (χ4n) is 1.75. The van der Waals surface area contributed by atoms with Gasteiger partial charge in [0.2, 0.25) is 0 Å². The molecule has 1 aliphatic heterocycles. The van der Waals surface area contributed by atoms with Gasteiger partial charge in [-0.15, -0.1) is 0 Å². The van der Waals surface area contributed by atoms with Gasteiger partial charge < -0.3 is 9.80 Å². The number of nitrogens with zero attached hydrogens (tertiary/aromatic N) is 2. The van der Waals surface area contributed by atoms with Crippen molar-refractivity contribution in [1.29, 1.82) is 0 Å². The molecule has 0 bridgehead atoms. The van der Waals surface area contributed by atoms with Gasteiger partial charge in [-0.3, -0.25) is 0 Å². The van der Waals surface area contributed by atoms with Gasteiger partial charge in [0.1, 0.15) is 0 Å². The summed E-state index contributed by atoms with van der Waals surface area (Å²) in [5.41, 5.74) is 0. The van der Waals surface area contributed by atoms with Crippen LogP contribution >= 0.6 is 0 Å². The van der Waals surface area contributed by atoms with E-state index in [2.05, 4.69) is 23.9 Å². The van der Waals surface area contributed by atoms with Gasteiger partial charge in [-0.1, -0.05) is 0 Å². The van der Waals surface area contributed by atoms with Gasteiger partial charge in [0.25, 0.3) is 0 Å². The van der Waals surface area contributed by atoms with Gasteiger partial charge in [-0.25, -0.2) is 0 Å². The van der Waals surface area contributed by atoms with Crippen molar-refractivity contribution in [2.75, 3.05) is 40.3 Å². The Bertz CT molecular complexity index is 88.4. The van der Waals surface area contributed by atoms with Crippen molar-refractivity contribution in [3.05, 3.63) is 0 Å². The van der Waals surface area contributed by atoms with Crippen LogP contribution in [-0.4, -0.2) is 50.1 Å². The Morgan fingerprint density at radius 2 is 0.833 bits per heavy atom. The lowest BCUT2D eigenvalue weighted by molar-refractivity contribution is 0.258. The molecule has 1 rings (SSSR count). The molecule has 1 saturated heterocycles. The SMILES string of the molecule is CN1CCCCN(C)CCCC1. The van der Waals surface area contributed by atoms with Crippen LogP contribution in [0.1, 0.15) is 25.7 Å². The van der Waals surface area contributed by atoms with Crippen LogP contribution in [0.2, 0.25) is 0 Å². The van der Waals surface area contributed by atoms with E-state index in [9.17, 15) is 0 Å². The average molecular weight is 170 g/mol. The molecule has 12 heavy (non-hydrogen) atoms. The van der Waals surface area contributed by atoms with Gasteiger partial charge in [0.05, 0.1) is 0 Å². The molecule has 0 amide bonds. The highest BCUT2D eigenvalue weighted by molar-refractivity contribution is 4.59. The molecule has 0 N–H and O–H groups in total. The monoisotopic (exact) mass is 170 g/mol. The third-order valence-electron chi connectivity index (χ3n) is 2.66. The van der Waals surface area contributed by atoms with Crippen LogP contribution in [0.15, 0.2) is 0 Å². The minimum Gasteiger partial charge on any atom is -0.306 e. The van der Waals surface area contributed by atoms with Crippen LogP contribution in [0.25, 0.3) is 0 Å². The zero-order valence-corrected chi connectivity index (χ0v) is 8.55. The highest BCUT2D eigenvalue weighted by atomic mass is 15.1. The number of hydrogen-bond acceptors (Lipinski definition) is 2. The molecule has 0 aromatic heterocycles. The fraction of sp³-hybridized carbons (Fsp3) is 1.00. The third kappa shape index (κ3) is 4.07. The molecule has 1 heterocycles. The van der Waals surface area contributed by atoms with E-state index in [4.69, 9.17) is 0 Å². The standard InChI is InChI=1S/C10H22N2/c1-11-7-3-5-9-12(2)10-6-4-8-11/h3-10H2,1-2H3. The number of rotatable bonds is 0. The Kier molecular flexibility index (Phi) is 4.62. The van der Waals surface area contributed by atoms with E-state index in [1.54, 1.807) is 0 Å². The van der Waals surface area contributed by atoms with Crippen LogP contribution in [0.4, 0.5) is 0 Å². The minimum absolute atomic E-state index is 1.29. The third-order valence-corrected chi connectivity index (χ3v) is 2.66. The molecule has 0 aromatic carbocycles. The molecular formula is C10H22N2. The van der Waals surface area contributed by atoms with E-state index in [1.807, 2.05) is 0 Å². The molecule has 0 aromatic rings. The summed E-state index contributed by atoms with van der Waals surface area (Å²) in [5.74, 6) is 0. The fourth-order valence-corrected chi connectivity index (χ4v) is 1.75. The van der Waals surface area contributed by atoms with Gasteiger partial charge in [0, 0.05) is 0 Å². The van der Waals surface area contributed by atoms with Gasteiger partial charge in [-0.2, -0.15) is 0 Å². The van der Waals surface area contributed by atoms with Crippen LogP contribution in [0.5, 0.6) is 0 Å². The molecule has 2 nitrogen and oxygen atoms in total. The highest BCUT2D eigenvalue weighted by Crippen LogP contribution is 2.02. The number of hydrogen-bond donors (Lipinski definition) is 0. The van der Waals surface area contributed by atoms with Gasteiger partial charge in [0.15, 0.2) is 0 Å². The molecule has 72 valence electrons. The second kappa shape index (κ2) is 5.55. The van der Waals surface area contributed by atoms with E-state index in [1.165, 1.54) is 51.9 Å². The smallest absolute Gasteiger partial charge is 0.00213 e. The topological polar surface area (TPSA) is 6.48 Å². The molecule has 0 radical (unpaired) electrons. The molecule has 1 aliphatic rings. The molecule has 0 aliphatic carbocycles. The van der Waals surface area contributed by atoms with Crippen LogP contribution < -0.4 is 0 Å². The summed E-state index contributed by atoms with van der Waals surface area (Å²) < 4.78 is 0. The predicted molar refractivity (Wildman–Crippen MR) is 53.5 cm³/mol. The van der Waals surface area contributed by atoms with Crippen molar-refractivity contribution in [2.24, 2.45) is 0 Å². The zero-order valence-electron chi connectivity index (χ0n) is 8.55. The molecule has 0 spiro atoms. The van der Waals surface area contributed by atoms with Crippen molar-refractivity contribution in [1.82, 2.24) is 9.80 Å². The first-order valence-corrected chi connectivity index (χ1v) is 5.16. The van der Waals surface area contributed by atoms with Crippen LogP contribution in [-0.2, 0) is 0 Å². The first-order valence-electron chi connectivity index (χ1n) is 5.16. The normalized spacial score (nSPS) is 25.5. The Labute approximate surface area is 76.5 Å². The highest BCUT2D eigenvalue weighted by Gasteiger charge is 2.03. The zero-order chi connectivity index (χ0) is 8.81. The molecule has 0 atom stereocenters. The summed E-state index contributed by atoms with van der Waals surface area (Å²) in [6.45, 7) is 5.14. The Balaban J connectivity index is 2.20. The van der Waals surface area contributed by atoms with Crippen molar-refractivity contribution in [2.45, 2.75) is 25.7 Å². The minimum atomic E-state index is 1.29. The first kappa shape index (κ1) is 10.0. The summed E-state index contributed by atoms with van der Waals surface area (Å²) in [6.07, 6.45) is 5.45. The Morgan fingerprint density at radius 3 is 1.08 bits per heavy atom. The molecule has 2 heteroatoms. The second-order valence-corrected chi connectivity index (χ2v) is 4.02. The van der Waals surface area contributed by atoms with Gasteiger partial charge in [-0.05, 0) is 66.0 Å². The summed E-state index contributed by atoms with van der Waals surface area (Å²) in [4.78, 5) is 4.93. The van der Waals surface area contributed by atoms with Crippen LogP contribution in [0.3, 0.4) is 0 Å². The Morgan fingerprint density at radius 1 is 0.583 bits per heavy atom. The van der Waals surface area contributed by atoms with Crippen molar-refractivity contribution in [3.63, 3.8) is 0 Å². The molecule has 0 unspecified atom stereocenters. The van der Waals surface area contributed by atoms with Gasteiger partial charge >= 0.3 is 0 Å². The van der Waals surface area contributed by atoms with E-state index in [0.717, 1.165) is 0 Å². The van der Waals surface area contributed by atoms with Crippen molar-refractivity contribution < 1.29 is 0 Å². The molecule has 0 saturated carbocycles. The summed E-state index contributed by atoms with van der Waals surface area (Å²) in [6, 6.07) is 0. The lowest BCUT2D eigenvalue weighted by Crippen LogP contribution is -2.27. The Hall–Kier alpha value is -0.0800. The maximum atomic E-state index is 2.46. The maximum Gasteiger partial charge on any atom is -0.00213 e. The van der Waals surface area contributed by atoms with Crippen molar-refractivity contribution in [3.8, 4) is 0 Å². The maximum absolute atomic E-state index is 2.46. The van der Waals surface area contributed by atoms with E-state index >= 15 is 0 Å². The van der Waals surface area contributed by atoms with E-state index < -0.39 is 0 Å². The predicted octanol–water partition coefficient (Wildman–Crippen LogP) is 1.42. The lowest BCUT2D eigenvalue weighted by atomic mass is 10.2. The van der Waals surface area contributed by atoms with E-state index in [-0.39, 0.29) is 0 Å². The summed E-state index contributed by atoms with van der Waals surface area (Å²) >= 11 is 0. The summed E-state index contributed by atoms with van der Waals surface area (Å²) in [7, 11) is 4.48. The molecular weight excluding hydrogens is 148 g/mol. The largest absolute Gasteiger partial charge is 0.306 e. The lowest BCUT2D eigenvalue weighted by Gasteiger charge is -2.22. The quantitative estimate of drug-likeness (QED) is 0.542. The van der Waals surface area contributed by atoms with Crippen LogP contribution in [0, 0.1) is 0 Å². The van der Waals surface area contributed by atoms with Crippen molar-refractivity contribution >= 4 is 0 Å². The molecule has 1 fully saturated rings. The average Bonchev–Trinajstić information content (AvgIpc) is 2.06. The first-order chi connectivity index (χ1) is 5.79. The second-order valence-electron chi connectivity index (χ2n) is 4.02. The summed E-state index contributed by atoms with van der Waals surface area (Å²) in [5, 5.41) is 0.